The lowest BCUT2D eigenvalue weighted by atomic mass is 10.2. The number of ketones is 1. The molecule has 2 N–H and O–H groups in total. The average Bonchev–Trinajstić information content (AvgIpc) is 2.67. The fraction of sp³-hybridized carbons (Fsp3) is 0.118. The summed E-state index contributed by atoms with van der Waals surface area (Å²) >= 11 is 0. The van der Waals surface area contributed by atoms with Gasteiger partial charge in [0, 0.05) is 0 Å². The Kier molecular flexibility index (Phi) is 5.18. The van der Waals surface area contributed by atoms with Crippen LogP contribution < -0.4 is 15.4 Å². The maximum absolute atomic E-state index is 12.6. The van der Waals surface area contributed by atoms with Crippen molar-refractivity contribution in [1.82, 2.24) is 0 Å². The van der Waals surface area contributed by atoms with Gasteiger partial charge in [-0.25, -0.2) is 0 Å². The van der Waals surface area contributed by atoms with Crippen LogP contribution >= 0.6 is 0 Å². The number of amides is 2. The Morgan fingerprint density at radius 3 is 2.64 bits per heavy atom. The van der Waals surface area contributed by atoms with Crippen LogP contribution in [0.1, 0.15) is 0 Å². The highest BCUT2D eigenvalue weighted by Crippen LogP contribution is 2.30. The van der Waals surface area contributed by atoms with E-state index in [1.807, 2.05) is 0 Å². The van der Waals surface area contributed by atoms with Crippen molar-refractivity contribution in [2.24, 2.45) is 0 Å². The summed E-state index contributed by atoms with van der Waals surface area (Å²) in [6.07, 6.45) is 0. The predicted octanol–water partition coefficient (Wildman–Crippen LogP) is 1.24. The summed E-state index contributed by atoms with van der Waals surface area (Å²) in [6.45, 7) is 0. The van der Waals surface area contributed by atoms with Crippen LogP contribution in [0.5, 0.6) is 5.75 Å². The molecular formula is C17H13N3O7S. The Balaban J connectivity index is 1.86. The molecule has 0 saturated carbocycles. The van der Waals surface area contributed by atoms with Gasteiger partial charge in [0.05, 0.1) is 39.5 Å². The molecule has 0 spiro atoms. The number of nitrogens with one attached hydrogen (secondary N) is 2. The number of fused-ring (bicyclic) bond motifs is 1. The number of nitro benzene ring substituents is 1. The van der Waals surface area contributed by atoms with Crippen LogP contribution in [0.2, 0.25) is 0 Å². The molecule has 2 amide bonds. The molecule has 0 bridgehead atoms. The van der Waals surface area contributed by atoms with Crippen molar-refractivity contribution in [3.05, 3.63) is 52.6 Å². The first-order chi connectivity index (χ1) is 13.3. The number of carbonyl (C=O) groups excluding carboxylic acids is 3. The predicted molar refractivity (Wildman–Crippen MR) is 98.6 cm³/mol. The summed E-state index contributed by atoms with van der Waals surface area (Å²) in [6, 6.07) is 9.81. The lowest BCUT2D eigenvalue weighted by molar-refractivity contribution is -0.384. The minimum atomic E-state index is -2.09. The zero-order valence-electron chi connectivity index (χ0n) is 14.3. The summed E-state index contributed by atoms with van der Waals surface area (Å²) in [7, 11) is -0.772. The van der Waals surface area contributed by atoms with E-state index in [1.165, 1.54) is 31.4 Å². The van der Waals surface area contributed by atoms with Gasteiger partial charge in [0.2, 0.25) is 11.7 Å². The second kappa shape index (κ2) is 7.56. The van der Waals surface area contributed by atoms with E-state index >= 15 is 0 Å². The monoisotopic (exact) mass is 403 g/mol. The van der Waals surface area contributed by atoms with Gasteiger partial charge in [0.25, 0.3) is 11.6 Å². The molecular weight excluding hydrogens is 390 g/mol. The Hall–Kier alpha value is -3.60. The van der Waals surface area contributed by atoms with Crippen LogP contribution in [0.15, 0.2) is 47.4 Å². The van der Waals surface area contributed by atoms with Crippen molar-refractivity contribution < 1.29 is 28.3 Å². The Morgan fingerprint density at radius 2 is 1.96 bits per heavy atom. The lowest BCUT2D eigenvalue weighted by Gasteiger charge is -2.22. The smallest absolute Gasteiger partial charge is 0.296 e. The first kappa shape index (κ1) is 19.2. The molecule has 28 heavy (non-hydrogen) atoms. The summed E-state index contributed by atoms with van der Waals surface area (Å²) < 4.78 is 17.5. The van der Waals surface area contributed by atoms with E-state index in [0.717, 1.165) is 6.07 Å². The van der Waals surface area contributed by atoms with Crippen LogP contribution in [0.4, 0.5) is 17.1 Å². The van der Waals surface area contributed by atoms with Gasteiger partial charge in [0.1, 0.15) is 11.4 Å². The fourth-order valence-corrected chi connectivity index (χ4v) is 3.94. The van der Waals surface area contributed by atoms with Crippen molar-refractivity contribution in [2.45, 2.75) is 10.1 Å². The second-order valence-corrected chi connectivity index (χ2v) is 7.13. The van der Waals surface area contributed by atoms with E-state index in [9.17, 15) is 28.7 Å². The number of methoxy groups -OCH3 is 1. The van der Waals surface area contributed by atoms with Gasteiger partial charge in [-0.15, -0.1) is 0 Å². The molecule has 0 unspecified atom stereocenters. The zero-order valence-corrected chi connectivity index (χ0v) is 15.1. The van der Waals surface area contributed by atoms with Gasteiger partial charge in [-0.05, 0) is 24.3 Å². The summed E-state index contributed by atoms with van der Waals surface area (Å²) in [5, 5.41) is 14.0. The molecule has 11 heteroatoms. The zero-order chi connectivity index (χ0) is 20.4. The number of rotatable bonds is 5. The minimum Gasteiger partial charge on any atom is -0.496 e. The summed E-state index contributed by atoms with van der Waals surface area (Å²) in [4.78, 5) is 47.6. The highest BCUT2D eigenvalue weighted by Gasteiger charge is 2.42. The van der Waals surface area contributed by atoms with Crippen LogP contribution in [-0.4, -0.2) is 39.1 Å². The van der Waals surface area contributed by atoms with Crippen molar-refractivity contribution in [2.75, 3.05) is 17.7 Å². The lowest BCUT2D eigenvalue weighted by Crippen LogP contribution is -2.46. The third kappa shape index (κ3) is 3.47. The molecule has 2 aromatic carbocycles. The Bertz CT molecular complexity index is 1040. The third-order valence-electron chi connectivity index (χ3n) is 3.93. The topological polar surface area (TPSA) is 145 Å². The summed E-state index contributed by atoms with van der Waals surface area (Å²) in [5.74, 6) is -3.27. The van der Waals surface area contributed by atoms with Crippen molar-refractivity contribution in [3.63, 3.8) is 0 Å². The fourth-order valence-electron chi connectivity index (χ4n) is 2.58. The number of carbonyl (C=O) groups is 3. The molecule has 0 saturated heterocycles. The molecule has 144 valence electrons. The van der Waals surface area contributed by atoms with Gasteiger partial charge in [0.15, 0.2) is 5.25 Å². The largest absolute Gasteiger partial charge is 0.496 e. The number of hydrogen-bond donors (Lipinski definition) is 2. The van der Waals surface area contributed by atoms with Crippen LogP contribution in [0.25, 0.3) is 0 Å². The van der Waals surface area contributed by atoms with E-state index in [2.05, 4.69) is 10.6 Å². The number of ether oxygens (including phenoxy) is 1. The van der Waals surface area contributed by atoms with Gasteiger partial charge in [-0.1, -0.05) is 12.1 Å². The molecule has 0 aliphatic carbocycles. The number of anilines is 2. The van der Waals surface area contributed by atoms with Crippen LogP contribution in [0, 0.1) is 10.1 Å². The second-order valence-electron chi connectivity index (χ2n) is 5.62. The maximum Gasteiger partial charge on any atom is 0.296 e. The molecule has 0 fully saturated rings. The van der Waals surface area contributed by atoms with Gasteiger partial charge >= 0.3 is 0 Å². The van der Waals surface area contributed by atoms with Crippen molar-refractivity contribution in [1.29, 1.82) is 0 Å². The molecule has 10 nitrogen and oxygen atoms in total. The molecule has 1 aliphatic rings. The van der Waals surface area contributed by atoms with Crippen molar-refractivity contribution in [3.8, 4) is 5.75 Å². The summed E-state index contributed by atoms with van der Waals surface area (Å²) in [5.41, 5.74) is -0.465. The van der Waals surface area contributed by atoms with E-state index in [-0.39, 0.29) is 16.3 Å². The highest BCUT2D eigenvalue weighted by molar-refractivity contribution is 7.87. The average molecular weight is 403 g/mol. The molecule has 3 rings (SSSR count). The van der Waals surface area contributed by atoms with Gasteiger partial charge in [-0.3, -0.25) is 28.7 Å². The number of para-hydroxylation sites is 1. The highest BCUT2D eigenvalue weighted by atomic mass is 32.2. The number of hydrogen-bond acceptors (Lipinski definition) is 7. The van der Waals surface area contributed by atoms with Crippen LogP contribution in [-0.2, 0) is 25.2 Å². The van der Waals surface area contributed by atoms with Gasteiger partial charge < -0.3 is 15.4 Å². The molecule has 1 aliphatic heterocycles. The van der Waals surface area contributed by atoms with Crippen molar-refractivity contribution >= 4 is 45.5 Å². The standard InChI is InChI=1S/C17H13N3O7S/c1-27-9-6-7-10(12(8-9)20(24)25)18-16(22)14(21)15-17(23)19-11-4-2-3-5-13(11)28(15)26/h2-8,15H,1H3,(H,18,22)(H,19,23)/t15-,28+/m1/s1. The molecule has 0 radical (unpaired) electrons. The van der Waals surface area contributed by atoms with Crippen LogP contribution in [0.3, 0.4) is 0 Å². The molecule has 2 atom stereocenters. The van der Waals surface area contributed by atoms with Gasteiger partial charge in [-0.2, -0.15) is 0 Å². The normalized spacial score (nSPS) is 17.8. The van der Waals surface area contributed by atoms with E-state index in [1.54, 1.807) is 12.1 Å². The molecule has 2 aromatic rings. The molecule has 0 aromatic heterocycles. The number of nitrogens with zero attached hydrogens (tertiary/aromatic N) is 1. The Morgan fingerprint density at radius 1 is 1.25 bits per heavy atom. The Labute approximate surface area is 160 Å². The number of nitro groups is 1. The minimum absolute atomic E-state index is 0.181. The maximum atomic E-state index is 12.6. The first-order valence-corrected chi connectivity index (χ1v) is 9.03. The number of Topliss-reactive ketones (excluding diaryl/α,β-unsaturated/α-hetero) is 1. The van der Waals surface area contributed by atoms with E-state index in [4.69, 9.17) is 4.74 Å². The first-order valence-electron chi connectivity index (χ1n) is 7.81. The quantitative estimate of drug-likeness (QED) is 0.331. The third-order valence-corrected chi connectivity index (χ3v) is 5.57. The number of benzene rings is 2. The van der Waals surface area contributed by atoms with E-state index < -0.39 is 44.3 Å². The van der Waals surface area contributed by atoms with E-state index in [0.29, 0.717) is 5.69 Å². The molecule has 1 heterocycles. The SMILES string of the molecule is COc1ccc(NC(=O)C(=O)[C@@H]2C(=O)Nc3ccccc3[S@@]2=O)c([N+](=O)[O-])c1.